The quantitative estimate of drug-likeness (QED) is 0.850. The van der Waals surface area contributed by atoms with Crippen LogP contribution in [0.15, 0.2) is 12.1 Å². The van der Waals surface area contributed by atoms with Gasteiger partial charge in [0.05, 0.1) is 5.56 Å². The number of piperazine rings is 1. The minimum atomic E-state index is -0.772. The van der Waals surface area contributed by atoms with Crippen molar-refractivity contribution in [3.05, 3.63) is 29.3 Å². The summed E-state index contributed by atoms with van der Waals surface area (Å²) in [5.41, 5.74) is -0.247. The lowest BCUT2D eigenvalue weighted by molar-refractivity contribution is 0.0808. The number of hydrogen-bond donors (Lipinski definition) is 2. The Morgan fingerprint density at radius 1 is 1.09 bits per heavy atom. The second-order valence-corrected chi connectivity index (χ2v) is 6.35. The Morgan fingerprint density at radius 2 is 1.59 bits per heavy atom. The molecule has 0 saturated carbocycles. The predicted octanol–water partition coefficient (Wildman–Crippen LogP) is 3.51. The molecule has 0 bridgehead atoms. The number of hydrogen-bond acceptors (Lipinski definition) is 3. The number of nitrogens with one attached hydrogen (secondary N) is 1. The summed E-state index contributed by atoms with van der Waals surface area (Å²) in [4.78, 5) is 2.11. The highest BCUT2D eigenvalue weighted by Crippen LogP contribution is 2.43. The van der Waals surface area contributed by atoms with Gasteiger partial charge in [0.15, 0.2) is 11.6 Å². The molecular formula is C15H24Cl2F2N2O. The van der Waals surface area contributed by atoms with E-state index in [1.165, 1.54) is 0 Å². The maximum absolute atomic E-state index is 14.2. The lowest BCUT2D eigenvalue weighted by atomic mass is 9.80. The first kappa shape index (κ1) is 21.4. The molecule has 1 aromatic rings. The van der Waals surface area contributed by atoms with Crippen molar-refractivity contribution in [1.82, 2.24) is 10.2 Å². The minimum absolute atomic E-state index is 0. The third-order valence-corrected chi connectivity index (χ3v) is 3.73. The molecule has 7 heteroatoms. The van der Waals surface area contributed by atoms with Crippen molar-refractivity contribution in [3.63, 3.8) is 0 Å². The van der Waals surface area contributed by atoms with Gasteiger partial charge in [-0.2, -0.15) is 0 Å². The molecule has 2 N–H and O–H groups in total. The minimum Gasteiger partial charge on any atom is -0.505 e. The molecule has 0 aromatic heterocycles. The van der Waals surface area contributed by atoms with Crippen molar-refractivity contribution < 1.29 is 13.9 Å². The molecule has 2 rings (SSSR count). The van der Waals surface area contributed by atoms with Gasteiger partial charge in [0.1, 0.15) is 5.82 Å². The van der Waals surface area contributed by atoms with Crippen molar-refractivity contribution in [2.75, 3.05) is 26.2 Å². The van der Waals surface area contributed by atoms with E-state index < -0.39 is 17.4 Å². The summed E-state index contributed by atoms with van der Waals surface area (Å²) in [6.07, 6.45) is 0. The first-order chi connectivity index (χ1) is 9.32. The van der Waals surface area contributed by atoms with Crippen molar-refractivity contribution in [3.8, 4) is 5.75 Å². The van der Waals surface area contributed by atoms with Gasteiger partial charge in [0.25, 0.3) is 0 Å². The van der Waals surface area contributed by atoms with Crippen LogP contribution in [0.5, 0.6) is 5.75 Å². The van der Waals surface area contributed by atoms with Gasteiger partial charge in [0, 0.05) is 32.2 Å². The summed E-state index contributed by atoms with van der Waals surface area (Å²) in [6.45, 7) is 9.04. The number of benzene rings is 1. The molecule has 1 aromatic carbocycles. The average Bonchev–Trinajstić information content (AvgIpc) is 2.39. The number of rotatable bonds is 2. The van der Waals surface area contributed by atoms with E-state index in [1.54, 1.807) is 0 Å². The van der Waals surface area contributed by atoms with Crippen molar-refractivity contribution >= 4 is 24.8 Å². The lowest BCUT2D eigenvalue weighted by Crippen LogP contribution is -2.48. The van der Waals surface area contributed by atoms with E-state index in [0.29, 0.717) is 0 Å². The Labute approximate surface area is 142 Å². The SMILES string of the molecule is CC(C)(C)[C@H](c1c(F)ccc(F)c1O)N1CCNCC1.Cl.Cl. The van der Waals surface area contributed by atoms with E-state index in [4.69, 9.17) is 0 Å². The summed E-state index contributed by atoms with van der Waals surface area (Å²) >= 11 is 0. The van der Waals surface area contributed by atoms with E-state index in [9.17, 15) is 13.9 Å². The lowest BCUT2D eigenvalue weighted by Gasteiger charge is -2.42. The Balaban J connectivity index is 0.00000220. The zero-order valence-electron chi connectivity index (χ0n) is 13.0. The summed E-state index contributed by atoms with van der Waals surface area (Å²) < 4.78 is 27.8. The Hall–Kier alpha value is -0.620. The van der Waals surface area contributed by atoms with Crippen LogP contribution < -0.4 is 5.32 Å². The monoisotopic (exact) mass is 356 g/mol. The molecular weight excluding hydrogens is 333 g/mol. The Bertz CT molecular complexity index is 489. The van der Waals surface area contributed by atoms with Gasteiger partial charge in [-0.3, -0.25) is 4.90 Å². The van der Waals surface area contributed by atoms with E-state index in [-0.39, 0.29) is 41.8 Å². The smallest absolute Gasteiger partial charge is 0.165 e. The summed E-state index contributed by atoms with van der Waals surface area (Å²) in [7, 11) is 0. The van der Waals surface area contributed by atoms with Crippen LogP contribution in [-0.2, 0) is 0 Å². The first-order valence-corrected chi connectivity index (χ1v) is 6.94. The van der Waals surface area contributed by atoms with Crippen molar-refractivity contribution in [2.24, 2.45) is 5.41 Å². The number of phenolic OH excluding ortho intramolecular Hbond substituents is 1. The number of nitrogens with zero attached hydrogens (tertiary/aromatic N) is 1. The van der Waals surface area contributed by atoms with Gasteiger partial charge in [-0.1, -0.05) is 20.8 Å². The second kappa shape index (κ2) is 8.29. The normalized spacial score (nSPS) is 17.3. The molecule has 0 radical (unpaired) electrons. The van der Waals surface area contributed by atoms with Crippen LogP contribution in [0, 0.1) is 17.0 Å². The highest BCUT2D eigenvalue weighted by atomic mass is 35.5. The fraction of sp³-hybridized carbons (Fsp3) is 0.600. The largest absolute Gasteiger partial charge is 0.505 e. The standard InChI is InChI=1S/C15H22F2N2O.2ClH/c1-15(2,3)14(19-8-6-18-7-9-19)12-10(16)4-5-11(17)13(12)20;;/h4-5,14,18,20H,6-9H2,1-3H3;2*1H/t14-;;/m0../s1. The van der Waals surface area contributed by atoms with E-state index in [1.807, 2.05) is 20.8 Å². The van der Waals surface area contributed by atoms with Gasteiger partial charge >= 0.3 is 0 Å². The molecule has 0 amide bonds. The summed E-state index contributed by atoms with van der Waals surface area (Å²) in [5.74, 6) is -1.89. The molecule has 1 aliphatic heterocycles. The summed E-state index contributed by atoms with van der Waals surface area (Å²) in [6, 6.07) is 1.69. The van der Waals surface area contributed by atoms with Crippen LogP contribution in [0.1, 0.15) is 32.4 Å². The van der Waals surface area contributed by atoms with Gasteiger partial charge < -0.3 is 10.4 Å². The van der Waals surface area contributed by atoms with Gasteiger partial charge in [-0.15, -0.1) is 24.8 Å². The van der Waals surface area contributed by atoms with Crippen LogP contribution in [-0.4, -0.2) is 36.2 Å². The highest BCUT2D eigenvalue weighted by Gasteiger charge is 2.36. The molecule has 0 unspecified atom stereocenters. The van der Waals surface area contributed by atoms with Crippen LogP contribution in [0.25, 0.3) is 0 Å². The van der Waals surface area contributed by atoms with Crippen molar-refractivity contribution in [2.45, 2.75) is 26.8 Å². The first-order valence-electron chi connectivity index (χ1n) is 6.94. The van der Waals surface area contributed by atoms with Crippen LogP contribution in [0.4, 0.5) is 8.78 Å². The zero-order valence-corrected chi connectivity index (χ0v) is 14.7. The third kappa shape index (κ3) is 4.44. The van der Waals surface area contributed by atoms with E-state index in [0.717, 1.165) is 38.3 Å². The number of phenols is 1. The molecule has 1 aliphatic rings. The summed E-state index contributed by atoms with van der Waals surface area (Å²) in [5, 5.41) is 13.2. The van der Waals surface area contributed by atoms with E-state index >= 15 is 0 Å². The Morgan fingerprint density at radius 3 is 2.09 bits per heavy atom. The molecule has 128 valence electrons. The molecule has 0 spiro atoms. The van der Waals surface area contributed by atoms with Crippen LogP contribution in [0.3, 0.4) is 0 Å². The highest BCUT2D eigenvalue weighted by molar-refractivity contribution is 5.85. The number of halogens is 4. The van der Waals surface area contributed by atoms with Crippen LogP contribution >= 0.6 is 24.8 Å². The van der Waals surface area contributed by atoms with Gasteiger partial charge in [0.2, 0.25) is 0 Å². The molecule has 1 saturated heterocycles. The molecule has 1 atom stereocenters. The molecule has 22 heavy (non-hydrogen) atoms. The zero-order chi connectivity index (χ0) is 14.9. The fourth-order valence-electron chi connectivity index (χ4n) is 2.92. The van der Waals surface area contributed by atoms with Crippen LogP contribution in [0.2, 0.25) is 0 Å². The number of aromatic hydroxyl groups is 1. The predicted molar refractivity (Wildman–Crippen MR) is 89.2 cm³/mol. The molecule has 0 aliphatic carbocycles. The maximum Gasteiger partial charge on any atom is 0.165 e. The molecule has 1 heterocycles. The molecule has 1 fully saturated rings. The molecule has 3 nitrogen and oxygen atoms in total. The average molecular weight is 357 g/mol. The van der Waals surface area contributed by atoms with E-state index in [2.05, 4.69) is 10.2 Å². The maximum atomic E-state index is 14.2. The Kier molecular flexibility index (Phi) is 8.06. The third-order valence-electron chi connectivity index (χ3n) is 3.73. The fourth-order valence-corrected chi connectivity index (χ4v) is 2.92. The van der Waals surface area contributed by atoms with Crippen molar-refractivity contribution in [1.29, 1.82) is 0 Å². The van der Waals surface area contributed by atoms with Gasteiger partial charge in [-0.05, 0) is 17.5 Å². The topological polar surface area (TPSA) is 35.5 Å². The van der Waals surface area contributed by atoms with Gasteiger partial charge in [-0.25, -0.2) is 8.78 Å². The second-order valence-electron chi connectivity index (χ2n) is 6.35.